The van der Waals surface area contributed by atoms with Crippen LogP contribution in [-0.4, -0.2) is 4.57 Å². The summed E-state index contributed by atoms with van der Waals surface area (Å²) in [6, 6.07) is 51.9. The molecule has 10 rings (SSSR count). The molecule has 0 radical (unpaired) electrons. The van der Waals surface area contributed by atoms with Gasteiger partial charge in [-0.25, -0.2) is 0 Å². The monoisotopic (exact) mass is 559 g/mol. The number of hydrogen-bond donors (Lipinski definition) is 0. The quantitative estimate of drug-likeness (QED) is 0.198. The molecule has 0 saturated heterocycles. The molecular formula is C43H29N. The summed E-state index contributed by atoms with van der Waals surface area (Å²) in [6.45, 7) is 4.72. The second-order valence-corrected chi connectivity index (χ2v) is 12.9. The Labute approximate surface area is 256 Å². The molecule has 0 amide bonds. The van der Waals surface area contributed by atoms with Crippen LogP contribution in [0.15, 0.2) is 140 Å². The maximum atomic E-state index is 2.45. The Bertz CT molecular complexity index is 2480. The Balaban J connectivity index is 1.17. The van der Waals surface area contributed by atoms with Crippen molar-refractivity contribution in [1.29, 1.82) is 0 Å². The molecule has 0 unspecified atom stereocenters. The van der Waals surface area contributed by atoms with Crippen molar-refractivity contribution < 1.29 is 0 Å². The van der Waals surface area contributed by atoms with Crippen LogP contribution >= 0.6 is 0 Å². The Hall–Kier alpha value is -5.40. The maximum absolute atomic E-state index is 2.45. The van der Waals surface area contributed by atoms with E-state index in [-0.39, 0.29) is 5.41 Å². The van der Waals surface area contributed by atoms with Crippen LogP contribution in [0.25, 0.3) is 82.8 Å². The second-order valence-electron chi connectivity index (χ2n) is 12.9. The zero-order chi connectivity index (χ0) is 29.2. The van der Waals surface area contributed by atoms with Gasteiger partial charge in [0.15, 0.2) is 0 Å². The lowest BCUT2D eigenvalue weighted by Gasteiger charge is -2.21. The molecule has 0 aliphatic heterocycles. The standard InChI is InChI=1S/C43H29N/c1-43(2)36-16-7-5-12-34(36)41-37(43)24-25-39-42(41)35-13-6-8-17-38(35)44(39)27-20-18-26(19-21-27)28-22-23-33-30-11-4-3-10-29(30)32-15-9-14-31(28)40(32)33/h3-25H,1-2H3. The smallest absolute Gasteiger partial charge is 0.0547 e. The molecule has 7 aromatic carbocycles. The fraction of sp³-hybridized carbons (Fsp3) is 0.0698. The molecule has 0 fully saturated rings. The summed E-state index contributed by atoms with van der Waals surface area (Å²) in [5.74, 6) is 0. The van der Waals surface area contributed by atoms with Gasteiger partial charge in [0.05, 0.1) is 11.0 Å². The molecule has 0 saturated carbocycles. The largest absolute Gasteiger partial charge is 0.309 e. The molecule has 1 aromatic heterocycles. The van der Waals surface area contributed by atoms with Crippen molar-refractivity contribution in [2.24, 2.45) is 0 Å². The normalized spacial score (nSPS) is 13.9. The summed E-state index contributed by atoms with van der Waals surface area (Å²) in [5.41, 5.74) is 17.1. The summed E-state index contributed by atoms with van der Waals surface area (Å²) >= 11 is 0. The van der Waals surface area contributed by atoms with Gasteiger partial charge in [-0.2, -0.15) is 0 Å². The van der Waals surface area contributed by atoms with Gasteiger partial charge < -0.3 is 4.57 Å². The van der Waals surface area contributed by atoms with E-state index in [0.29, 0.717) is 0 Å². The number of benzene rings is 7. The van der Waals surface area contributed by atoms with Crippen LogP contribution in [0.5, 0.6) is 0 Å². The molecule has 2 aliphatic carbocycles. The number of rotatable bonds is 2. The third-order valence-electron chi connectivity index (χ3n) is 10.4. The number of aromatic nitrogens is 1. The van der Waals surface area contributed by atoms with Crippen molar-refractivity contribution in [3.8, 4) is 50.2 Å². The lowest BCUT2D eigenvalue weighted by molar-refractivity contribution is 0.661. The highest BCUT2D eigenvalue weighted by Crippen LogP contribution is 2.53. The van der Waals surface area contributed by atoms with Crippen molar-refractivity contribution in [1.82, 2.24) is 4.57 Å². The van der Waals surface area contributed by atoms with Gasteiger partial charge >= 0.3 is 0 Å². The highest BCUT2D eigenvalue weighted by Gasteiger charge is 2.37. The van der Waals surface area contributed by atoms with E-state index in [4.69, 9.17) is 0 Å². The van der Waals surface area contributed by atoms with Gasteiger partial charge in [-0.05, 0) is 90.7 Å². The van der Waals surface area contributed by atoms with E-state index < -0.39 is 0 Å². The average Bonchev–Trinajstić information content (AvgIpc) is 3.66. The number of hydrogen-bond acceptors (Lipinski definition) is 0. The second kappa shape index (κ2) is 8.36. The minimum atomic E-state index is -0.0218. The Morgan fingerprint density at radius 2 is 1.05 bits per heavy atom. The number of nitrogens with zero attached hydrogens (tertiary/aromatic N) is 1. The predicted octanol–water partition coefficient (Wildman–Crippen LogP) is 11.6. The first-order valence-corrected chi connectivity index (χ1v) is 15.5. The Morgan fingerprint density at radius 1 is 0.409 bits per heavy atom. The molecule has 0 N–H and O–H groups in total. The molecule has 0 bridgehead atoms. The first kappa shape index (κ1) is 24.1. The molecular weight excluding hydrogens is 530 g/mol. The van der Waals surface area contributed by atoms with E-state index in [1.54, 1.807) is 0 Å². The average molecular weight is 560 g/mol. The molecule has 0 spiro atoms. The van der Waals surface area contributed by atoms with E-state index in [2.05, 4.69) is 158 Å². The number of para-hydroxylation sites is 1. The lowest BCUT2D eigenvalue weighted by atomic mass is 9.82. The van der Waals surface area contributed by atoms with E-state index in [9.17, 15) is 0 Å². The van der Waals surface area contributed by atoms with Gasteiger partial charge in [0.25, 0.3) is 0 Å². The fourth-order valence-electron chi connectivity index (χ4n) is 8.38. The topological polar surface area (TPSA) is 4.93 Å². The van der Waals surface area contributed by atoms with Gasteiger partial charge in [-0.1, -0.05) is 129 Å². The molecule has 1 heteroatoms. The Morgan fingerprint density at radius 3 is 1.86 bits per heavy atom. The maximum Gasteiger partial charge on any atom is 0.0547 e. The van der Waals surface area contributed by atoms with Crippen molar-refractivity contribution in [3.63, 3.8) is 0 Å². The van der Waals surface area contributed by atoms with Crippen molar-refractivity contribution >= 4 is 32.6 Å². The van der Waals surface area contributed by atoms with Crippen molar-refractivity contribution in [3.05, 3.63) is 151 Å². The Kier molecular flexibility index (Phi) is 4.58. The summed E-state index contributed by atoms with van der Waals surface area (Å²) in [4.78, 5) is 0. The fourth-order valence-corrected chi connectivity index (χ4v) is 8.38. The highest BCUT2D eigenvalue weighted by atomic mass is 15.0. The summed E-state index contributed by atoms with van der Waals surface area (Å²) in [5, 5.41) is 5.35. The highest BCUT2D eigenvalue weighted by molar-refractivity contribution is 6.19. The van der Waals surface area contributed by atoms with Crippen LogP contribution in [0.4, 0.5) is 0 Å². The van der Waals surface area contributed by atoms with E-state index in [0.717, 1.165) is 0 Å². The lowest BCUT2D eigenvalue weighted by Crippen LogP contribution is -2.14. The van der Waals surface area contributed by atoms with E-state index in [1.165, 1.54) is 93.9 Å². The zero-order valence-electron chi connectivity index (χ0n) is 24.7. The van der Waals surface area contributed by atoms with Crippen molar-refractivity contribution in [2.45, 2.75) is 19.3 Å². The number of fused-ring (bicyclic) bond motifs is 10. The first-order valence-electron chi connectivity index (χ1n) is 15.5. The molecule has 0 atom stereocenters. The van der Waals surface area contributed by atoms with Gasteiger partial charge in [-0.3, -0.25) is 0 Å². The van der Waals surface area contributed by atoms with Crippen LogP contribution in [0.1, 0.15) is 25.0 Å². The molecule has 8 aromatic rings. The van der Waals surface area contributed by atoms with Crippen LogP contribution in [0.2, 0.25) is 0 Å². The SMILES string of the molecule is CC1(C)c2ccccc2-c2c1ccc1c2c2ccccc2n1-c1ccc(-c2ccc3c4c(cccc24)-c2ccccc2-3)cc1. The molecule has 44 heavy (non-hydrogen) atoms. The minimum absolute atomic E-state index is 0.0218. The molecule has 1 heterocycles. The summed E-state index contributed by atoms with van der Waals surface area (Å²) in [7, 11) is 0. The zero-order valence-corrected chi connectivity index (χ0v) is 24.7. The van der Waals surface area contributed by atoms with Gasteiger partial charge in [0.1, 0.15) is 0 Å². The van der Waals surface area contributed by atoms with Gasteiger partial charge in [0.2, 0.25) is 0 Å². The van der Waals surface area contributed by atoms with Crippen molar-refractivity contribution in [2.75, 3.05) is 0 Å². The first-order chi connectivity index (χ1) is 21.6. The molecule has 1 nitrogen and oxygen atoms in total. The minimum Gasteiger partial charge on any atom is -0.309 e. The van der Waals surface area contributed by atoms with E-state index in [1.807, 2.05) is 0 Å². The van der Waals surface area contributed by atoms with Crippen LogP contribution in [-0.2, 0) is 5.41 Å². The van der Waals surface area contributed by atoms with Crippen LogP contribution in [0.3, 0.4) is 0 Å². The molecule has 2 aliphatic rings. The van der Waals surface area contributed by atoms with Crippen LogP contribution in [0, 0.1) is 0 Å². The van der Waals surface area contributed by atoms with Crippen LogP contribution < -0.4 is 0 Å². The summed E-state index contributed by atoms with van der Waals surface area (Å²) in [6.07, 6.45) is 0. The molecule has 206 valence electrons. The van der Waals surface area contributed by atoms with Gasteiger partial charge in [-0.15, -0.1) is 0 Å². The predicted molar refractivity (Wildman–Crippen MR) is 186 cm³/mol. The van der Waals surface area contributed by atoms with E-state index >= 15 is 0 Å². The third-order valence-corrected chi connectivity index (χ3v) is 10.4. The summed E-state index contributed by atoms with van der Waals surface area (Å²) < 4.78 is 2.45. The third kappa shape index (κ3) is 2.94. The van der Waals surface area contributed by atoms with Gasteiger partial charge in [0, 0.05) is 21.9 Å².